The molecule has 1 aromatic carbocycles. The molecule has 0 bridgehead atoms. The van der Waals surface area contributed by atoms with Crippen molar-refractivity contribution in [3.63, 3.8) is 0 Å². The molecule has 134 valence electrons. The zero-order chi connectivity index (χ0) is 18.3. The van der Waals surface area contributed by atoms with E-state index in [4.69, 9.17) is 0 Å². The Bertz CT molecular complexity index is 735. The fourth-order valence-corrected chi connectivity index (χ4v) is 3.18. The van der Waals surface area contributed by atoms with Crippen molar-refractivity contribution in [1.29, 1.82) is 0 Å². The van der Waals surface area contributed by atoms with Gasteiger partial charge in [-0.15, -0.1) is 0 Å². The van der Waals surface area contributed by atoms with Crippen molar-refractivity contribution in [2.45, 2.75) is 38.3 Å². The largest absolute Gasteiger partial charge is 0.480 e. The van der Waals surface area contributed by atoms with Crippen LogP contribution in [0.15, 0.2) is 18.2 Å². The van der Waals surface area contributed by atoms with Gasteiger partial charge in [0.15, 0.2) is 0 Å². The number of anilines is 1. The molecule has 6 nitrogen and oxygen atoms in total. The second-order valence-corrected chi connectivity index (χ2v) is 6.49. The molecule has 1 saturated heterocycles. The molecule has 3 rings (SSSR count). The number of carbonyl (C=O) groups is 3. The second-order valence-electron chi connectivity index (χ2n) is 6.49. The Morgan fingerprint density at radius 1 is 1.32 bits per heavy atom. The average Bonchev–Trinajstić information content (AvgIpc) is 3.29. The van der Waals surface area contributed by atoms with Crippen LogP contribution in [0.1, 0.15) is 26.2 Å². The Kier molecular flexibility index (Phi) is 4.45. The molecular weight excluding hydrogens is 334 g/mol. The smallest absolute Gasteiger partial charge is 0.326 e. The number of nitrogens with zero attached hydrogens (tertiary/aromatic N) is 2. The standard InChI is InChI=1S/C17H18F2N2O4/c1-9(17(24)25)21(12-3-4-12)16(23)10-6-15(22)20(8-10)14-5-2-11(18)7-13(14)19/h2,5,7,9-10,12H,3-4,6,8H2,1H3,(H,24,25). The van der Waals surface area contributed by atoms with Crippen molar-refractivity contribution in [3.05, 3.63) is 29.8 Å². The zero-order valence-electron chi connectivity index (χ0n) is 13.6. The highest BCUT2D eigenvalue weighted by molar-refractivity contribution is 6.01. The van der Waals surface area contributed by atoms with Crippen LogP contribution in [0, 0.1) is 17.6 Å². The molecule has 1 aliphatic heterocycles. The Hall–Kier alpha value is -2.51. The van der Waals surface area contributed by atoms with Crippen LogP contribution in [0.25, 0.3) is 0 Å². The van der Waals surface area contributed by atoms with Gasteiger partial charge < -0.3 is 14.9 Å². The fourth-order valence-electron chi connectivity index (χ4n) is 3.18. The molecule has 1 saturated carbocycles. The van der Waals surface area contributed by atoms with E-state index in [-0.39, 0.29) is 24.7 Å². The third-order valence-electron chi connectivity index (χ3n) is 4.64. The summed E-state index contributed by atoms with van der Waals surface area (Å²) in [5.74, 6) is -4.32. The summed E-state index contributed by atoms with van der Waals surface area (Å²) in [6, 6.07) is 1.79. The van der Waals surface area contributed by atoms with Gasteiger partial charge in [-0.1, -0.05) is 0 Å². The number of carbonyl (C=O) groups excluding carboxylic acids is 2. The van der Waals surface area contributed by atoms with Crippen LogP contribution in [-0.2, 0) is 14.4 Å². The topological polar surface area (TPSA) is 77.9 Å². The lowest BCUT2D eigenvalue weighted by atomic mass is 10.1. The second kappa shape index (κ2) is 6.42. The van der Waals surface area contributed by atoms with Gasteiger partial charge in [0.1, 0.15) is 17.7 Å². The molecule has 8 heteroatoms. The highest BCUT2D eigenvalue weighted by Gasteiger charge is 2.44. The first-order valence-electron chi connectivity index (χ1n) is 8.10. The lowest BCUT2D eigenvalue weighted by Crippen LogP contribution is -2.47. The van der Waals surface area contributed by atoms with Gasteiger partial charge in [0, 0.05) is 25.1 Å². The maximum absolute atomic E-state index is 13.9. The van der Waals surface area contributed by atoms with Crippen molar-refractivity contribution in [1.82, 2.24) is 4.90 Å². The molecule has 1 N–H and O–H groups in total. The van der Waals surface area contributed by atoms with E-state index < -0.39 is 41.4 Å². The van der Waals surface area contributed by atoms with Crippen molar-refractivity contribution >= 4 is 23.5 Å². The lowest BCUT2D eigenvalue weighted by molar-refractivity contribution is -0.151. The maximum atomic E-state index is 13.9. The molecule has 1 heterocycles. The summed E-state index contributed by atoms with van der Waals surface area (Å²) in [5.41, 5.74) is -0.0778. The first kappa shape index (κ1) is 17.3. The van der Waals surface area contributed by atoms with Gasteiger partial charge in [0.2, 0.25) is 11.8 Å². The van der Waals surface area contributed by atoms with Crippen LogP contribution in [0.5, 0.6) is 0 Å². The number of carboxylic acid groups (broad SMARTS) is 1. The molecule has 2 amide bonds. The molecule has 2 unspecified atom stereocenters. The van der Waals surface area contributed by atoms with Gasteiger partial charge in [-0.3, -0.25) is 9.59 Å². The summed E-state index contributed by atoms with van der Waals surface area (Å²) in [4.78, 5) is 38.7. The Labute approximate surface area is 143 Å². The molecule has 0 radical (unpaired) electrons. The van der Waals surface area contributed by atoms with E-state index in [1.54, 1.807) is 0 Å². The molecular formula is C17H18F2N2O4. The quantitative estimate of drug-likeness (QED) is 0.876. The molecule has 2 fully saturated rings. The van der Waals surface area contributed by atoms with Crippen LogP contribution < -0.4 is 4.90 Å². The van der Waals surface area contributed by atoms with Gasteiger partial charge in [-0.05, 0) is 31.9 Å². The van der Waals surface area contributed by atoms with Gasteiger partial charge in [-0.2, -0.15) is 0 Å². The van der Waals surface area contributed by atoms with Gasteiger partial charge >= 0.3 is 5.97 Å². The molecule has 1 aromatic rings. The maximum Gasteiger partial charge on any atom is 0.326 e. The van der Waals surface area contributed by atoms with E-state index in [9.17, 15) is 28.3 Å². The molecule has 2 atom stereocenters. The Morgan fingerprint density at radius 2 is 2.00 bits per heavy atom. The molecule has 2 aliphatic rings. The van der Waals surface area contributed by atoms with Gasteiger partial charge in [0.05, 0.1) is 11.6 Å². The number of carboxylic acids is 1. The Balaban J connectivity index is 1.79. The van der Waals surface area contributed by atoms with Crippen LogP contribution in [0.2, 0.25) is 0 Å². The normalized spacial score (nSPS) is 21.3. The van der Waals surface area contributed by atoms with Gasteiger partial charge in [0.25, 0.3) is 0 Å². The molecule has 0 spiro atoms. The number of halogens is 2. The van der Waals surface area contributed by atoms with Crippen LogP contribution in [0.4, 0.5) is 14.5 Å². The van der Waals surface area contributed by atoms with Crippen molar-refractivity contribution in [2.75, 3.05) is 11.4 Å². The molecule has 25 heavy (non-hydrogen) atoms. The number of rotatable bonds is 5. The minimum Gasteiger partial charge on any atom is -0.480 e. The van der Waals surface area contributed by atoms with Crippen molar-refractivity contribution in [2.24, 2.45) is 5.92 Å². The minimum atomic E-state index is -1.11. The van der Waals surface area contributed by atoms with Crippen LogP contribution in [-0.4, -0.2) is 46.4 Å². The number of benzene rings is 1. The number of aliphatic carboxylic acids is 1. The average molecular weight is 352 g/mol. The van der Waals surface area contributed by atoms with E-state index in [1.807, 2.05) is 0 Å². The van der Waals surface area contributed by atoms with Gasteiger partial charge in [-0.25, -0.2) is 13.6 Å². The highest BCUT2D eigenvalue weighted by atomic mass is 19.1. The minimum absolute atomic E-state index is 0.0459. The predicted octanol–water partition coefficient (Wildman–Crippen LogP) is 1.78. The summed E-state index contributed by atoms with van der Waals surface area (Å²) >= 11 is 0. The van der Waals surface area contributed by atoms with E-state index in [0.29, 0.717) is 6.07 Å². The predicted molar refractivity (Wildman–Crippen MR) is 83.8 cm³/mol. The van der Waals surface area contributed by atoms with E-state index in [1.165, 1.54) is 11.8 Å². The van der Waals surface area contributed by atoms with E-state index >= 15 is 0 Å². The first-order chi connectivity index (χ1) is 11.8. The monoisotopic (exact) mass is 352 g/mol. The zero-order valence-corrected chi connectivity index (χ0v) is 13.6. The number of amides is 2. The summed E-state index contributed by atoms with van der Waals surface area (Å²) in [7, 11) is 0. The molecule has 1 aliphatic carbocycles. The summed E-state index contributed by atoms with van der Waals surface area (Å²) < 4.78 is 27.0. The number of hydrogen-bond donors (Lipinski definition) is 1. The highest BCUT2D eigenvalue weighted by Crippen LogP contribution is 2.34. The lowest BCUT2D eigenvalue weighted by Gasteiger charge is -2.29. The summed E-state index contributed by atoms with van der Waals surface area (Å²) in [6.45, 7) is 1.39. The van der Waals surface area contributed by atoms with E-state index in [0.717, 1.165) is 29.9 Å². The SMILES string of the molecule is CC(C(=O)O)N(C(=O)C1CC(=O)N(c2ccc(F)cc2F)C1)C1CC1. The van der Waals surface area contributed by atoms with Crippen LogP contribution >= 0.6 is 0 Å². The summed E-state index contributed by atoms with van der Waals surface area (Å²) in [5, 5.41) is 9.21. The Morgan fingerprint density at radius 3 is 2.56 bits per heavy atom. The molecule has 0 aromatic heterocycles. The van der Waals surface area contributed by atoms with Crippen molar-refractivity contribution in [3.8, 4) is 0 Å². The van der Waals surface area contributed by atoms with E-state index in [2.05, 4.69) is 0 Å². The van der Waals surface area contributed by atoms with Crippen molar-refractivity contribution < 1.29 is 28.3 Å². The van der Waals surface area contributed by atoms with Crippen LogP contribution in [0.3, 0.4) is 0 Å². The fraction of sp³-hybridized carbons (Fsp3) is 0.471. The number of hydrogen-bond acceptors (Lipinski definition) is 3. The summed E-state index contributed by atoms with van der Waals surface area (Å²) in [6.07, 6.45) is 1.35. The first-order valence-corrected chi connectivity index (χ1v) is 8.10. The third-order valence-corrected chi connectivity index (χ3v) is 4.64. The third kappa shape index (κ3) is 3.33.